The molecule has 1 aromatic heterocycles. The Morgan fingerprint density at radius 2 is 1.46 bits per heavy atom. The largest absolute Gasteiger partial charge is 0.480 e. The molecular formula is C32H50N4O5. The van der Waals surface area contributed by atoms with Crippen molar-refractivity contribution in [3.63, 3.8) is 0 Å². The first-order valence-electron chi connectivity index (χ1n) is 15.2. The molecule has 3 atom stereocenters. The van der Waals surface area contributed by atoms with Crippen molar-refractivity contribution in [3.8, 4) is 0 Å². The molecule has 0 aliphatic rings. The average Bonchev–Trinajstić information content (AvgIpc) is 3.32. The van der Waals surface area contributed by atoms with Gasteiger partial charge in [-0.05, 0) is 36.3 Å². The predicted molar refractivity (Wildman–Crippen MR) is 162 cm³/mol. The molecule has 9 nitrogen and oxygen atoms in total. The average molecular weight is 571 g/mol. The third-order valence-electron chi connectivity index (χ3n) is 7.33. The molecule has 0 saturated heterocycles. The number of aromatic nitrogens is 1. The van der Waals surface area contributed by atoms with Crippen molar-refractivity contribution in [2.24, 2.45) is 11.8 Å². The molecule has 3 unspecified atom stereocenters. The van der Waals surface area contributed by atoms with Gasteiger partial charge in [0.15, 0.2) is 0 Å². The number of carbonyl (C=O) groups is 4. The van der Waals surface area contributed by atoms with Crippen LogP contribution < -0.4 is 16.0 Å². The van der Waals surface area contributed by atoms with Crippen LogP contribution in [0.3, 0.4) is 0 Å². The second-order valence-corrected chi connectivity index (χ2v) is 11.8. The standard InChI is InChI=1S/C32H50N4O5/c1-6-7-8-9-10-11-12-17-28(37)34-27(19-23-20-33-25-16-14-13-15-24(23)25)30(38)35-26(18-21(2)3)31(39)36-29(22(4)5)32(40)41/h13-16,20-22,26-27,29,33H,6-12,17-19H2,1-5H3,(H,34,37)(H,35,38)(H,36,39)(H,40,41). The number of aromatic amines is 1. The molecule has 228 valence electrons. The number of para-hydroxylation sites is 1. The Balaban J connectivity index is 2.16. The minimum absolute atomic E-state index is 0.0624. The van der Waals surface area contributed by atoms with E-state index in [4.69, 9.17) is 0 Å². The summed E-state index contributed by atoms with van der Waals surface area (Å²) >= 11 is 0. The number of benzene rings is 1. The maximum Gasteiger partial charge on any atom is 0.326 e. The number of aliphatic carboxylic acids is 1. The van der Waals surface area contributed by atoms with Gasteiger partial charge in [0.05, 0.1) is 0 Å². The Hall–Kier alpha value is -3.36. The number of H-pyrrole nitrogens is 1. The molecule has 1 aromatic carbocycles. The van der Waals surface area contributed by atoms with Gasteiger partial charge in [-0.15, -0.1) is 0 Å². The molecule has 0 aliphatic carbocycles. The Morgan fingerprint density at radius 1 is 0.829 bits per heavy atom. The number of carbonyl (C=O) groups excluding carboxylic acids is 3. The molecule has 0 radical (unpaired) electrons. The van der Waals surface area contributed by atoms with Crippen LogP contribution in [0.1, 0.15) is 98.0 Å². The molecule has 2 aromatic rings. The second kappa shape index (κ2) is 17.5. The third kappa shape index (κ3) is 11.6. The lowest BCUT2D eigenvalue weighted by atomic mass is 9.99. The Kier molecular flexibility index (Phi) is 14.4. The number of unbranched alkanes of at least 4 members (excludes halogenated alkanes) is 6. The summed E-state index contributed by atoms with van der Waals surface area (Å²) in [5, 5.41) is 18.8. The zero-order valence-corrected chi connectivity index (χ0v) is 25.4. The summed E-state index contributed by atoms with van der Waals surface area (Å²) in [7, 11) is 0. The van der Waals surface area contributed by atoms with Crippen LogP contribution >= 0.6 is 0 Å². The molecule has 0 saturated carbocycles. The van der Waals surface area contributed by atoms with E-state index in [0.29, 0.717) is 12.8 Å². The van der Waals surface area contributed by atoms with E-state index in [9.17, 15) is 24.3 Å². The molecule has 1 heterocycles. The van der Waals surface area contributed by atoms with Crippen LogP contribution in [0.4, 0.5) is 0 Å². The van der Waals surface area contributed by atoms with Gasteiger partial charge in [-0.2, -0.15) is 0 Å². The Labute approximate surface area is 244 Å². The van der Waals surface area contributed by atoms with Crippen LogP contribution in [0.5, 0.6) is 0 Å². The van der Waals surface area contributed by atoms with Gasteiger partial charge in [0.25, 0.3) is 0 Å². The number of amides is 3. The van der Waals surface area contributed by atoms with Gasteiger partial charge in [0.2, 0.25) is 17.7 Å². The van der Waals surface area contributed by atoms with Crippen molar-refractivity contribution in [3.05, 3.63) is 36.0 Å². The highest BCUT2D eigenvalue weighted by atomic mass is 16.4. The predicted octanol–water partition coefficient (Wildman–Crippen LogP) is 5.09. The van der Waals surface area contributed by atoms with Gasteiger partial charge < -0.3 is 26.0 Å². The third-order valence-corrected chi connectivity index (χ3v) is 7.33. The quantitative estimate of drug-likeness (QED) is 0.150. The number of carboxylic acid groups (broad SMARTS) is 1. The van der Waals surface area contributed by atoms with E-state index < -0.39 is 35.9 Å². The number of carboxylic acids is 1. The summed E-state index contributed by atoms with van der Waals surface area (Å²) in [5.41, 5.74) is 1.81. The van der Waals surface area contributed by atoms with Crippen molar-refractivity contribution in [1.29, 1.82) is 0 Å². The SMILES string of the molecule is CCCCCCCCCC(=O)NC(Cc1c[nH]c2ccccc12)C(=O)NC(CC(C)C)C(=O)NC(C(=O)O)C(C)C. The molecule has 0 fully saturated rings. The molecule has 0 bridgehead atoms. The fraction of sp³-hybridized carbons (Fsp3) is 0.625. The first-order chi connectivity index (χ1) is 19.5. The van der Waals surface area contributed by atoms with E-state index in [1.807, 2.05) is 44.3 Å². The van der Waals surface area contributed by atoms with E-state index in [2.05, 4.69) is 27.9 Å². The molecule has 2 rings (SSSR count). The van der Waals surface area contributed by atoms with Gasteiger partial charge in [-0.1, -0.05) is 91.3 Å². The van der Waals surface area contributed by atoms with Crippen LogP contribution in [0, 0.1) is 11.8 Å². The zero-order chi connectivity index (χ0) is 30.4. The van der Waals surface area contributed by atoms with E-state index in [1.165, 1.54) is 25.7 Å². The first-order valence-corrected chi connectivity index (χ1v) is 15.2. The molecule has 41 heavy (non-hydrogen) atoms. The summed E-state index contributed by atoms with van der Waals surface area (Å²) in [6.45, 7) is 9.47. The summed E-state index contributed by atoms with van der Waals surface area (Å²) in [5.74, 6) is -2.61. The van der Waals surface area contributed by atoms with Gasteiger partial charge >= 0.3 is 5.97 Å². The summed E-state index contributed by atoms with van der Waals surface area (Å²) in [4.78, 5) is 54.6. The normalized spacial score (nSPS) is 13.6. The fourth-order valence-corrected chi connectivity index (χ4v) is 4.98. The van der Waals surface area contributed by atoms with Gasteiger partial charge in [-0.3, -0.25) is 14.4 Å². The molecular weight excluding hydrogens is 520 g/mol. The number of hydrogen-bond acceptors (Lipinski definition) is 4. The van der Waals surface area contributed by atoms with Gasteiger partial charge in [0, 0.05) is 29.9 Å². The fourth-order valence-electron chi connectivity index (χ4n) is 4.98. The second-order valence-electron chi connectivity index (χ2n) is 11.8. The van der Waals surface area contributed by atoms with Crippen molar-refractivity contribution >= 4 is 34.6 Å². The Morgan fingerprint density at radius 3 is 2.10 bits per heavy atom. The minimum Gasteiger partial charge on any atom is -0.480 e. The lowest BCUT2D eigenvalue weighted by molar-refractivity contribution is -0.143. The number of nitrogens with one attached hydrogen (secondary N) is 4. The molecule has 9 heteroatoms. The first kappa shape index (κ1) is 33.8. The number of fused-ring (bicyclic) bond motifs is 1. The van der Waals surface area contributed by atoms with Crippen LogP contribution in [0.2, 0.25) is 0 Å². The van der Waals surface area contributed by atoms with Gasteiger partial charge in [0.1, 0.15) is 18.1 Å². The van der Waals surface area contributed by atoms with Gasteiger partial charge in [-0.25, -0.2) is 4.79 Å². The molecule has 3 amide bonds. The van der Waals surface area contributed by atoms with Crippen LogP contribution in [-0.4, -0.2) is 51.9 Å². The number of hydrogen-bond donors (Lipinski definition) is 5. The van der Waals surface area contributed by atoms with Crippen molar-refractivity contribution < 1.29 is 24.3 Å². The monoisotopic (exact) mass is 570 g/mol. The molecule has 0 spiro atoms. The molecule has 0 aliphatic heterocycles. The smallest absolute Gasteiger partial charge is 0.326 e. The summed E-state index contributed by atoms with van der Waals surface area (Å²) in [6.07, 6.45) is 10.4. The lowest BCUT2D eigenvalue weighted by Crippen LogP contribution is -2.57. The highest BCUT2D eigenvalue weighted by Crippen LogP contribution is 2.20. The summed E-state index contributed by atoms with van der Waals surface area (Å²) < 4.78 is 0. The maximum atomic E-state index is 13.6. The Bertz CT molecular complexity index is 1130. The lowest BCUT2D eigenvalue weighted by Gasteiger charge is -2.26. The van der Waals surface area contributed by atoms with Crippen molar-refractivity contribution in [2.75, 3.05) is 0 Å². The molecule has 5 N–H and O–H groups in total. The highest BCUT2D eigenvalue weighted by Gasteiger charge is 2.31. The van der Waals surface area contributed by atoms with Crippen LogP contribution in [0.15, 0.2) is 30.5 Å². The highest BCUT2D eigenvalue weighted by molar-refractivity contribution is 5.94. The van der Waals surface area contributed by atoms with E-state index in [-0.39, 0.29) is 24.2 Å². The van der Waals surface area contributed by atoms with Crippen molar-refractivity contribution in [1.82, 2.24) is 20.9 Å². The van der Waals surface area contributed by atoms with E-state index in [1.54, 1.807) is 13.8 Å². The van der Waals surface area contributed by atoms with E-state index >= 15 is 0 Å². The summed E-state index contributed by atoms with van der Waals surface area (Å²) in [6, 6.07) is 4.85. The maximum absolute atomic E-state index is 13.6. The van der Waals surface area contributed by atoms with E-state index in [0.717, 1.165) is 35.7 Å². The van der Waals surface area contributed by atoms with Crippen molar-refractivity contribution in [2.45, 2.75) is 117 Å². The van der Waals surface area contributed by atoms with Crippen LogP contribution in [0.25, 0.3) is 10.9 Å². The minimum atomic E-state index is -1.13. The topological polar surface area (TPSA) is 140 Å². The number of rotatable bonds is 19. The zero-order valence-electron chi connectivity index (χ0n) is 25.4. The van der Waals surface area contributed by atoms with Crippen LogP contribution in [-0.2, 0) is 25.6 Å².